The molecule has 1 N–H and O–H groups in total. The van der Waals surface area contributed by atoms with Gasteiger partial charge in [0.25, 0.3) is 5.91 Å². The van der Waals surface area contributed by atoms with E-state index in [-0.39, 0.29) is 18.1 Å². The molecule has 0 saturated carbocycles. The molecule has 4 rings (SSSR count). The topological polar surface area (TPSA) is 104 Å². The van der Waals surface area contributed by atoms with Crippen LogP contribution in [-0.4, -0.2) is 32.2 Å². The second-order valence-corrected chi connectivity index (χ2v) is 9.08. The highest BCUT2D eigenvalue weighted by Gasteiger charge is 2.23. The second-order valence-electron chi connectivity index (χ2n) is 7.86. The van der Waals surface area contributed by atoms with E-state index in [1.165, 1.54) is 11.3 Å². The van der Waals surface area contributed by atoms with Crippen LogP contribution in [0.15, 0.2) is 57.7 Å². The van der Waals surface area contributed by atoms with Gasteiger partial charge in [0, 0.05) is 10.4 Å². The molecule has 0 aliphatic heterocycles. The number of esters is 1. The zero-order valence-electron chi connectivity index (χ0n) is 20.3. The van der Waals surface area contributed by atoms with E-state index in [0.717, 1.165) is 10.4 Å². The molecule has 0 spiro atoms. The molecule has 0 aliphatic carbocycles. The summed E-state index contributed by atoms with van der Waals surface area (Å²) in [5.41, 5.74) is 1.64. The Morgan fingerprint density at radius 1 is 1.06 bits per heavy atom. The van der Waals surface area contributed by atoms with Crippen LogP contribution < -0.4 is 20.2 Å². The number of nitrogens with one attached hydrogen (secondary N) is 1. The Bertz CT molecular complexity index is 1480. The minimum absolute atomic E-state index is 0.0850. The molecule has 2 aromatic heterocycles. The molecular weight excluding hydrogens is 482 g/mol. The highest BCUT2D eigenvalue weighted by Crippen LogP contribution is 2.34. The quantitative estimate of drug-likeness (QED) is 0.321. The standard InChI is InChI=1S/C27H25NO7S/c1-5-33-27(31)22-15(2)16(3)36-26(22)28-21(29)14-34-25-23(30)19-8-6-7-9-20(19)35-24(25)17-10-12-18(32-4)13-11-17/h6-13H,5,14H2,1-4H3,(H,28,29). The Labute approximate surface area is 211 Å². The lowest BCUT2D eigenvalue weighted by molar-refractivity contribution is -0.118. The number of aryl methyl sites for hydroxylation is 1. The Balaban J connectivity index is 1.64. The lowest BCUT2D eigenvalue weighted by Gasteiger charge is -2.12. The molecule has 0 aliphatic rings. The maximum Gasteiger partial charge on any atom is 0.341 e. The van der Waals surface area contributed by atoms with E-state index in [2.05, 4.69) is 5.32 Å². The van der Waals surface area contributed by atoms with E-state index in [0.29, 0.717) is 32.8 Å². The molecule has 0 bridgehead atoms. The fourth-order valence-corrected chi connectivity index (χ4v) is 4.72. The molecule has 8 nitrogen and oxygen atoms in total. The summed E-state index contributed by atoms with van der Waals surface area (Å²) in [7, 11) is 1.56. The van der Waals surface area contributed by atoms with E-state index in [9.17, 15) is 14.4 Å². The summed E-state index contributed by atoms with van der Waals surface area (Å²) >= 11 is 1.27. The highest BCUT2D eigenvalue weighted by molar-refractivity contribution is 7.16. The largest absolute Gasteiger partial charge is 0.497 e. The van der Waals surface area contributed by atoms with E-state index in [1.54, 1.807) is 69.5 Å². The smallest absolute Gasteiger partial charge is 0.341 e. The summed E-state index contributed by atoms with van der Waals surface area (Å²) in [5.74, 6) is -0.285. The van der Waals surface area contributed by atoms with Gasteiger partial charge in [-0.25, -0.2) is 4.79 Å². The normalized spacial score (nSPS) is 10.8. The van der Waals surface area contributed by atoms with Crippen molar-refractivity contribution in [3.05, 3.63) is 74.8 Å². The summed E-state index contributed by atoms with van der Waals surface area (Å²) in [6, 6.07) is 13.8. The molecule has 0 atom stereocenters. The molecule has 2 heterocycles. The van der Waals surface area contributed by atoms with Gasteiger partial charge in [0.2, 0.25) is 11.2 Å². The predicted octanol–water partition coefficient (Wildman–Crippen LogP) is 5.34. The van der Waals surface area contributed by atoms with Gasteiger partial charge in [-0.1, -0.05) is 12.1 Å². The summed E-state index contributed by atoms with van der Waals surface area (Å²) in [6.07, 6.45) is 0. The lowest BCUT2D eigenvalue weighted by Crippen LogP contribution is -2.23. The molecule has 0 radical (unpaired) electrons. The second kappa shape index (κ2) is 10.7. The first-order valence-electron chi connectivity index (χ1n) is 11.2. The van der Waals surface area contributed by atoms with Gasteiger partial charge in [-0.15, -0.1) is 11.3 Å². The summed E-state index contributed by atoms with van der Waals surface area (Å²) < 4.78 is 22.1. The molecule has 0 fully saturated rings. The first-order valence-corrected chi connectivity index (χ1v) is 12.1. The van der Waals surface area contributed by atoms with Crippen LogP contribution in [0.4, 0.5) is 5.00 Å². The number of anilines is 1. The van der Waals surface area contributed by atoms with Crippen molar-refractivity contribution < 1.29 is 28.2 Å². The van der Waals surface area contributed by atoms with Crippen LogP contribution in [0, 0.1) is 13.8 Å². The van der Waals surface area contributed by atoms with Crippen molar-refractivity contribution >= 4 is 39.2 Å². The summed E-state index contributed by atoms with van der Waals surface area (Å²) in [6.45, 7) is 5.12. The molecule has 4 aromatic rings. The number of thiophene rings is 1. The third-order valence-electron chi connectivity index (χ3n) is 5.57. The fraction of sp³-hybridized carbons (Fsp3) is 0.222. The third-order valence-corrected chi connectivity index (χ3v) is 6.70. The van der Waals surface area contributed by atoms with Gasteiger partial charge in [0.15, 0.2) is 12.4 Å². The Morgan fingerprint density at radius 2 is 1.78 bits per heavy atom. The van der Waals surface area contributed by atoms with E-state index in [4.69, 9.17) is 18.6 Å². The third kappa shape index (κ3) is 4.96. The van der Waals surface area contributed by atoms with Gasteiger partial charge in [-0.3, -0.25) is 9.59 Å². The van der Waals surface area contributed by atoms with Crippen LogP contribution >= 0.6 is 11.3 Å². The number of methoxy groups -OCH3 is 1. The van der Waals surface area contributed by atoms with Crippen molar-refractivity contribution in [3.8, 4) is 22.8 Å². The highest BCUT2D eigenvalue weighted by atomic mass is 32.1. The first kappa shape index (κ1) is 25.0. The van der Waals surface area contributed by atoms with Crippen LogP contribution in [0.1, 0.15) is 27.7 Å². The molecular formula is C27H25NO7S. The number of hydrogen-bond acceptors (Lipinski definition) is 8. The number of para-hydroxylation sites is 1. The van der Waals surface area contributed by atoms with Crippen LogP contribution in [0.25, 0.3) is 22.3 Å². The number of benzene rings is 2. The summed E-state index contributed by atoms with van der Waals surface area (Å²) in [4.78, 5) is 39.4. The molecule has 2 aromatic carbocycles. The number of rotatable bonds is 8. The van der Waals surface area contributed by atoms with Crippen LogP contribution in [0.2, 0.25) is 0 Å². The van der Waals surface area contributed by atoms with Crippen molar-refractivity contribution in [1.82, 2.24) is 0 Å². The van der Waals surface area contributed by atoms with Crippen molar-refractivity contribution in [3.63, 3.8) is 0 Å². The lowest BCUT2D eigenvalue weighted by atomic mass is 10.1. The maximum absolute atomic E-state index is 13.3. The zero-order valence-corrected chi connectivity index (χ0v) is 21.1. The number of hydrogen-bond donors (Lipinski definition) is 1. The average Bonchev–Trinajstić information content (AvgIpc) is 3.16. The van der Waals surface area contributed by atoms with E-state index in [1.807, 2.05) is 6.92 Å². The van der Waals surface area contributed by atoms with E-state index < -0.39 is 23.9 Å². The Kier molecular flexibility index (Phi) is 7.40. The SMILES string of the molecule is CCOC(=O)c1c(NC(=O)COc2c(-c3ccc(OC)cc3)oc3ccccc3c2=O)sc(C)c1C. The number of ether oxygens (including phenoxy) is 3. The molecule has 1 amide bonds. The monoisotopic (exact) mass is 507 g/mol. The fourth-order valence-electron chi connectivity index (χ4n) is 3.65. The molecule has 36 heavy (non-hydrogen) atoms. The van der Waals surface area contributed by atoms with Gasteiger partial charge in [-0.05, 0) is 62.7 Å². The first-order chi connectivity index (χ1) is 17.3. The van der Waals surface area contributed by atoms with Gasteiger partial charge in [-0.2, -0.15) is 0 Å². The van der Waals surface area contributed by atoms with E-state index >= 15 is 0 Å². The van der Waals surface area contributed by atoms with Gasteiger partial charge >= 0.3 is 5.97 Å². The van der Waals surface area contributed by atoms with Crippen molar-refractivity contribution in [2.24, 2.45) is 0 Å². The average molecular weight is 508 g/mol. The van der Waals surface area contributed by atoms with Crippen LogP contribution in [0.3, 0.4) is 0 Å². The minimum atomic E-state index is -0.532. The minimum Gasteiger partial charge on any atom is -0.497 e. The zero-order chi connectivity index (χ0) is 25.8. The van der Waals surface area contributed by atoms with Gasteiger partial charge in [0.05, 0.1) is 24.7 Å². The molecule has 186 valence electrons. The van der Waals surface area contributed by atoms with Gasteiger partial charge < -0.3 is 23.9 Å². The van der Waals surface area contributed by atoms with Crippen LogP contribution in [-0.2, 0) is 9.53 Å². The molecule has 9 heteroatoms. The summed E-state index contributed by atoms with van der Waals surface area (Å²) in [5, 5.41) is 3.42. The van der Waals surface area contributed by atoms with Crippen molar-refractivity contribution in [1.29, 1.82) is 0 Å². The number of amides is 1. The number of fused-ring (bicyclic) bond motifs is 1. The Morgan fingerprint density at radius 3 is 2.47 bits per heavy atom. The molecule has 0 unspecified atom stereocenters. The van der Waals surface area contributed by atoms with Gasteiger partial charge in [0.1, 0.15) is 16.3 Å². The molecule has 0 saturated heterocycles. The van der Waals surface area contributed by atoms with Crippen LogP contribution in [0.5, 0.6) is 11.5 Å². The number of carbonyl (C=O) groups excluding carboxylic acids is 2. The Hall–Kier alpha value is -4.11. The predicted molar refractivity (Wildman–Crippen MR) is 138 cm³/mol. The number of carbonyl (C=O) groups is 2. The maximum atomic E-state index is 13.3. The van der Waals surface area contributed by atoms with Crippen molar-refractivity contribution in [2.75, 3.05) is 25.6 Å². The van der Waals surface area contributed by atoms with Crippen molar-refractivity contribution in [2.45, 2.75) is 20.8 Å².